The summed E-state index contributed by atoms with van der Waals surface area (Å²) < 4.78 is 1.59. The maximum Gasteiger partial charge on any atom is 0.323 e. The van der Waals surface area contributed by atoms with Crippen LogP contribution >= 0.6 is 20.7 Å². The van der Waals surface area contributed by atoms with Crippen molar-refractivity contribution in [2.24, 2.45) is 10.2 Å². The van der Waals surface area contributed by atoms with E-state index in [9.17, 15) is 4.79 Å². The SMILES string of the molecule is O=c1ss/c(=N\N=C(c2ccccc2)c2ccccc2)n1-c1ccccc1. The molecule has 6 heteroatoms. The minimum atomic E-state index is -0.0684. The first kappa shape index (κ1) is 17.3. The van der Waals surface area contributed by atoms with Crippen molar-refractivity contribution in [2.45, 2.75) is 0 Å². The smallest absolute Gasteiger partial charge is 0.255 e. The van der Waals surface area contributed by atoms with Gasteiger partial charge in [-0.1, -0.05) is 78.9 Å². The van der Waals surface area contributed by atoms with E-state index in [2.05, 4.69) is 10.2 Å². The molecule has 0 aliphatic heterocycles. The monoisotopic (exact) mass is 389 g/mol. The largest absolute Gasteiger partial charge is 0.323 e. The molecule has 0 saturated carbocycles. The molecule has 132 valence electrons. The minimum Gasteiger partial charge on any atom is -0.255 e. The van der Waals surface area contributed by atoms with E-state index in [4.69, 9.17) is 0 Å². The van der Waals surface area contributed by atoms with Crippen molar-refractivity contribution in [3.05, 3.63) is 117 Å². The topological polar surface area (TPSA) is 46.7 Å². The summed E-state index contributed by atoms with van der Waals surface area (Å²) in [6, 6.07) is 29.3. The van der Waals surface area contributed by atoms with Crippen molar-refractivity contribution < 1.29 is 0 Å². The van der Waals surface area contributed by atoms with Crippen LogP contribution in [0.3, 0.4) is 0 Å². The van der Waals surface area contributed by atoms with Crippen molar-refractivity contribution >= 4 is 26.4 Å². The van der Waals surface area contributed by atoms with Crippen LogP contribution in [0.2, 0.25) is 0 Å². The zero-order valence-corrected chi connectivity index (χ0v) is 15.9. The quantitative estimate of drug-likeness (QED) is 0.291. The molecule has 4 aromatic rings. The Morgan fingerprint density at radius 1 is 0.704 bits per heavy atom. The van der Waals surface area contributed by atoms with E-state index in [1.807, 2.05) is 91.0 Å². The summed E-state index contributed by atoms with van der Waals surface area (Å²) in [6.07, 6.45) is 0. The fraction of sp³-hybridized carbons (Fsp3) is 0. The second-order valence-electron chi connectivity index (χ2n) is 5.67. The highest BCUT2D eigenvalue weighted by Crippen LogP contribution is 2.11. The standard InChI is InChI=1S/C21H15N3OS2/c25-21-24(18-14-8-3-9-15-18)20(26-27-21)23-22-19(16-10-4-1-5-11-16)17-12-6-2-7-13-17/h1-15H/b23-20-. The molecule has 0 aliphatic rings. The summed E-state index contributed by atoms with van der Waals surface area (Å²) in [7, 11) is 2.48. The molecule has 0 unspecified atom stereocenters. The van der Waals surface area contributed by atoms with E-state index in [0.717, 1.165) is 32.9 Å². The van der Waals surface area contributed by atoms with E-state index in [-0.39, 0.29) is 4.87 Å². The average Bonchev–Trinajstić information content (AvgIpc) is 3.11. The predicted molar refractivity (Wildman–Crippen MR) is 112 cm³/mol. The Hall–Kier alpha value is -3.09. The Morgan fingerprint density at radius 3 is 1.78 bits per heavy atom. The Labute approximate surface area is 163 Å². The molecule has 1 heterocycles. The van der Waals surface area contributed by atoms with E-state index in [1.165, 1.54) is 10.3 Å². The Balaban J connectivity index is 1.88. The van der Waals surface area contributed by atoms with Gasteiger partial charge in [-0.05, 0) is 32.8 Å². The molecule has 3 aromatic carbocycles. The highest BCUT2D eigenvalue weighted by molar-refractivity contribution is 7.67. The van der Waals surface area contributed by atoms with E-state index in [0.29, 0.717) is 4.80 Å². The molecule has 0 fully saturated rings. The predicted octanol–water partition coefficient (Wildman–Crippen LogP) is 4.31. The molecule has 0 saturated heterocycles. The lowest BCUT2D eigenvalue weighted by Gasteiger charge is -2.05. The summed E-state index contributed by atoms with van der Waals surface area (Å²) in [6.45, 7) is 0. The fourth-order valence-electron chi connectivity index (χ4n) is 2.65. The molecule has 0 N–H and O–H groups in total. The van der Waals surface area contributed by atoms with Crippen LogP contribution in [0.1, 0.15) is 11.1 Å². The summed E-state index contributed by atoms with van der Waals surface area (Å²) in [5.74, 6) is 0. The molecule has 0 radical (unpaired) electrons. The van der Waals surface area contributed by atoms with Gasteiger partial charge in [0.2, 0.25) is 4.80 Å². The average molecular weight is 390 g/mol. The van der Waals surface area contributed by atoms with Gasteiger partial charge < -0.3 is 0 Å². The normalized spacial score (nSPS) is 11.3. The first-order chi connectivity index (χ1) is 13.3. The number of rotatable bonds is 4. The minimum absolute atomic E-state index is 0.0684. The third-order valence-electron chi connectivity index (χ3n) is 3.91. The van der Waals surface area contributed by atoms with Crippen LogP contribution in [0.5, 0.6) is 0 Å². The van der Waals surface area contributed by atoms with Gasteiger partial charge in [0, 0.05) is 11.1 Å². The van der Waals surface area contributed by atoms with Gasteiger partial charge in [0.25, 0.3) is 0 Å². The number of hydrogen-bond acceptors (Lipinski definition) is 5. The number of hydrogen-bond donors (Lipinski definition) is 0. The van der Waals surface area contributed by atoms with Crippen LogP contribution in [0.4, 0.5) is 0 Å². The van der Waals surface area contributed by atoms with Crippen molar-refractivity contribution in [3.63, 3.8) is 0 Å². The second kappa shape index (κ2) is 8.07. The highest BCUT2D eigenvalue weighted by Gasteiger charge is 2.08. The van der Waals surface area contributed by atoms with Crippen molar-refractivity contribution in [1.82, 2.24) is 4.57 Å². The molecule has 0 bridgehead atoms. The summed E-state index contributed by atoms with van der Waals surface area (Å²) >= 11 is 0. The number of aromatic nitrogens is 1. The maximum atomic E-state index is 12.3. The van der Waals surface area contributed by atoms with Gasteiger partial charge in [0.05, 0.1) is 5.69 Å². The van der Waals surface area contributed by atoms with Crippen molar-refractivity contribution in [2.75, 3.05) is 0 Å². The zero-order chi connectivity index (χ0) is 18.5. The van der Waals surface area contributed by atoms with Gasteiger partial charge in [-0.15, -0.1) is 10.2 Å². The van der Waals surface area contributed by atoms with Crippen LogP contribution in [0, 0.1) is 0 Å². The molecular weight excluding hydrogens is 374 g/mol. The number of nitrogens with zero attached hydrogens (tertiary/aromatic N) is 3. The van der Waals surface area contributed by atoms with Gasteiger partial charge in [0.15, 0.2) is 0 Å². The maximum absolute atomic E-state index is 12.3. The Kier molecular flexibility index (Phi) is 5.18. The van der Waals surface area contributed by atoms with Gasteiger partial charge >= 0.3 is 4.87 Å². The number of benzene rings is 3. The van der Waals surface area contributed by atoms with Gasteiger partial charge in [-0.3, -0.25) is 4.79 Å². The molecule has 0 amide bonds. The van der Waals surface area contributed by atoms with Gasteiger partial charge in [-0.25, -0.2) is 4.57 Å². The Bertz CT molecular complexity index is 1130. The molecule has 0 spiro atoms. The molecular formula is C21H15N3OS2. The molecule has 4 rings (SSSR count). The van der Waals surface area contributed by atoms with Gasteiger partial charge in [0.1, 0.15) is 5.71 Å². The highest BCUT2D eigenvalue weighted by atomic mass is 32.9. The van der Waals surface area contributed by atoms with E-state index in [1.54, 1.807) is 4.57 Å². The third-order valence-corrected chi connectivity index (χ3v) is 5.85. The van der Waals surface area contributed by atoms with Crippen LogP contribution in [-0.2, 0) is 0 Å². The van der Waals surface area contributed by atoms with E-state index < -0.39 is 0 Å². The molecule has 27 heavy (non-hydrogen) atoms. The first-order valence-electron chi connectivity index (χ1n) is 8.33. The van der Waals surface area contributed by atoms with Crippen molar-refractivity contribution in [1.29, 1.82) is 0 Å². The van der Waals surface area contributed by atoms with Crippen molar-refractivity contribution in [3.8, 4) is 5.69 Å². The van der Waals surface area contributed by atoms with Gasteiger partial charge in [-0.2, -0.15) is 0 Å². The van der Waals surface area contributed by atoms with Crippen LogP contribution in [0.25, 0.3) is 5.69 Å². The summed E-state index contributed by atoms with van der Waals surface area (Å²) in [5.41, 5.74) is 3.50. The fourth-order valence-corrected chi connectivity index (χ4v) is 4.44. The lowest BCUT2D eigenvalue weighted by Crippen LogP contribution is -2.22. The lowest BCUT2D eigenvalue weighted by atomic mass is 10.0. The lowest BCUT2D eigenvalue weighted by molar-refractivity contribution is 0.941. The zero-order valence-electron chi connectivity index (χ0n) is 14.2. The summed E-state index contributed by atoms with van der Waals surface area (Å²) in [5, 5.41) is 8.97. The van der Waals surface area contributed by atoms with Crippen LogP contribution in [-0.4, -0.2) is 10.3 Å². The summed E-state index contributed by atoms with van der Waals surface area (Å²) in [4.78, 5) is 12.8. The van der Waals surface area contributed by atoms with Crippen LogP contribution in [0.15, 0.2) is 106 Å². The second-order valence-corrected chi connectivity index (χ2v) is 7.71. The molecule has 1 aromatic heterocycles. The third kappa shape index (κ3) is 3.86. The van der Waals surface area contributed by atoms with E-state index >= 15 is 0 Å². The first-order valence-corrected chi connectivity index (χ1v) is 10.5. The Morgan fingerprint density at radius 2 is 1.22 bits per heavy atom. The van der Waals surface area contributed by atoms with Crippen LogP contribution < -0.4 is 9.67 Å². The number of para-hydroxylation sites is 1. The molecule has 0 aliphatic carbocycles. The molecule has 0 atom stereocenters. The molecule has 4 nitrogen and oxygen atoms in total.